The first-order valence-electron chi connectivity index (χ1n) is 9.94. The summed E-state index contributed by atoms with van der Waals surface area (Å²) >= 11 is 0. The molecule has 5 nitrogen and oxygen atoms in total. The number of rotatable bonds is 6. The minimum atomic E-state index is -0.502. The molecule has 0 fully saturated rings. The van der Waals surface area contributed by atoms with Gasteiger partial charge in [-0.05, 0) is 61.4 Å². The number of aryl methyl sites for hydroxylation is 1. The van der Waals surface area contributed by atoms with Crippen molar-refractivity contribution in [1.29, 1.82) is 0 Å². The van der Waals surface area contributed by atoms with Crippen LogP contribution < -0.4 is 15.0 Å². The third kappa shape index (κ3) is 3.92. The molecular formula is C25H21FN2O3. The largest absolute Gasteiger partial charge is 0.492 e. The third-order valence-corrected chi connectivity index (χ3v) is 4.91. The molecule has 0 unspecified atom stereocenters. The van der Waals surface area contributed by atoms with Crippen LogP contribution >= 0.6 is 0 Å². The Morgan fingerprint density at radius 2 is 1.68 bits per heavy atom. The highest BCUT2D eigenvalue weighted by Gasteiger charge is 2.41. The van der Waals surface area contributed by atoms with Crippen LogP contribution in [0.2, 0.25) is 0 Å². The fourth-order valence-electron chi connectivity index (χ4n) is 3.54. The first kappa shape index (κ1) is 20.3. The number of halogens is 1. The summed E-state index contributed by atoms with van der Waals surface area (Å²) in [6, 6.07) is 19.9. The van der Waals surface area contributed by atoms with Crippen molar-refractivity contribution in [2.75, 3.05) is 16.8 Å². The Morgan fingerprint density at radius 3 is 2.39 bits per heavy atom. The van der Waals surface area contributed by atoms with Crippen molar-refractivity contribution in [3.05, 3.63) is 95.4 Å². The van der Waals surface area contributed by atoms with Crippen LogP contribution in [-0.2, 0) is 9.59 Å². The number of benzene rings is 3. The zero-order valence-corrected chi connectivity index (χ0v) is 17.2. The van der Waals surface area contributed by atoms with E-state index in [2.05, 4.69) is 5.32 Å². The topological polar surface area (TPSA) is 58.6 Å². The summed E-state index contributed by atoms with van der Waals surface area (Å²) in [5.74, 6) is -0.994. The molecule has 0 spiro atoms. The van der Waals surface area contributed by atoms with Crippen molar-refractivity contribution in [3.63, 3.8) is 0 Å². The molecular weight excluding hydrogens is 395 g/mol. The summed E-state index contributed by atoms with van der Waals surface area (Å²) in [4.78, 5) is 28.1. The van der Waals surface area contributed by atoms with Gasteiger partial charge < -0.3 is 10.1 Å². The Bertz CT molecular complexity index is 1190. The van der Waals surface area contributed by atoms with E-state index in [4.69, 9.17) is 4.74 Å². The van der Waals surface area contributed by atoms with E-state index in [0.29, 0.717) is 29.3 Å². The molecule has 2 amide bonds. The third-order valence-electron chi connectivity index (χ3n) is 4.91. The van der Waals surface area contributed by atoms with Gasteiger partial charge in [-0.2, -0.15) is 0 Å². The van der Waals surface area contributed by atoms with Gasteiger partial charge in [0.15, 0.2) is 0 Å². The number of hydrogen-bond acceptors (Lipinski definition) is 4. The lowest BCUT2D eigenvalue weighted by Gasteiger charge is -2.19. The average Bonchev–Trinajstić information content (AvgIpc) is 2.99. The Hall–Kier alpha value is -3.93. The number of carbonyl (C=O) groups is 2. The van der Waals surface area contributed by atoms with Crippen LogP contribution in [0.3, 0.4) is 0 Å². The fraction of sp³-hybridized carbons (Fsp3) is 0.120. The van der Waals surface area contributed by atoms with Gasteiger partial charge in [-0.3, -0.25) is 9.59 Å². The minimum Gasteiger partial charge on any atom is -0.492 e. The Kier molecular flexibility index (Phi) is 5.54. The Morgan fingerprint density at radius 1 is 0.935 bits per heavy atom. The molecule has 31 heavy (non-hydrogen) atoms. The van der Waals surface area contributed by atoms with Gasteiger partial charge in [0, 0.05) is 5.69 Å². The number of para-hydroxylation sites is 2. The van der Waals surface area contributed by atoms with Crippen molar-refractivity contribution < 1.29 is 18.7 Å². The van der Waals surface area contributed by atoms with E-state index in [0.717, 1.165) is 10.5 Å². The van der Waals surface area contributed by atoms with Crippen molar-refractivity contribution >= 4 is 28.8 Å². The maximum absolute atomic E-state index is 13.5. The molecule has 1 N–H and O–H groups in total. The second-order valence-corrected chi connectivity index (χ2v) is 7.10. The highest BCUT2D eigenvalue weighted by atomic mass is 19.1. The van der Waals surface area contributed by atoms with E-state index >= 15 is 0 Å². The predicted octanol–water partition coefficient (Wildman–Crippen LogP) is 4.93. The van der Waals surface area contributed by atoms with Gasteiger partial charge in [0.25, 0.3) is 11.8 Å². The molecule has 0 aromatic heterocycles. The summed E-state index contributed by atoms with van der Waals surface area (Å²) in [6.07, 6.45) is 0. The smallest absolute Gasteiger partial charge is 0.282 e. The number of imide groups is 1. The van der Waals surface area contributed by atoms with Gasteiger partial charge in [0.05, 0.1) is 17.9 Å². The van der Waals surface area contributed by atoms with Crippen molar-refractivity contribution in [1.82, 2.24) is 0 Å². The number of hydrogen-bond donors (Lipinski definition) is 1. The number of amides is 2. The summed E-state index contributed by atoms with van der Waals surface area (Å²) in [5, 5.41) is 3.11. The molecule has 156 valence electrons. The van der Waals surface area contributed by atoms with Crippen molar-refractivity contribution in [2.45, 2.75) is 13.8 Å². The summed E-state index contributed by atoms with van der Waals surface area (Å²) in [6.45, 7) is 4.16. The molecule has 3 aromatic rings. The lowest BCUT2D eigenvalue weighted by atomic mass is 10.0. The zero-order valence-electron chi connectivity index (χ0n) is 17.2. The molecule has 1 aliphatic heterocycles. The summed E-state index contributed by atoms with van der Waals surface area (Å²) in [5.41, 5.74) is 2.80. The maximum Gasteiger partial charge on any atom is 0.282 e. The van der Waals surface area contributed by atoms with Crippen LogP contribution in [0.1, 0.15) is 18.1 Å². The first-order valence-corrected chi connectivity index (χ1v) is 9.94. The predicted molar refractivity (Wildman–Crippen MR) is 118 cm³/mol. The van der Waals surface area contributed by atoms with Gasteiger partial charge in [0.2, 0.25) is 0 Å². The molecule has 0 saturated carbocycles. The van der Waals surface area contributed by atoms with Crippen molar-refractivity contribution in [3.8, 4) is 5.75 Å². The Labute approximate surface area is 179 Å². The standard InChI is InChI=1S/C25H21FN2O3/c1-3-31-21-10-5-4-9-20(21)28-24(29)22(17-11-13-18(26)14-12-17)23(25(28)30)27-19-8-6-7-16(2)15-19/h4-15,27H,3H2,1-2H3. The number of nitrogens with one attached hydrogen (secondary N) is 1. The van der Waals surface area contributed by atoms with E-state index in [9.17, 15) is 14.0 Å². The molecule has 1 aliphatic rings. The molecule has 0 saturated heterocycles. The first-order chi connectivity index (χ1) is 15.0. The van der Waals surface area contributed by atoms with Gasteiger partial charge in [0.1, 0.15) is 17.3 Å². The van der Waals surface area contributed by atoms with Gasteiger partial charge in [-0.15, -0.1) is 0 Å². The van der Waals surface area contributed by atoms with Gasteiger partial charge in [-0.1, -0.05) is 36.4 Å². The van der Waals surface area contributed by atoms with E-state index in [1.54, 1.807) is 24.3 Å². The van der Waals surface area contributed by atoms with E-state index in [-0.39, 0.29) is 11.3 Å². The zero-order chi connectivity index (χ0) is 22.0. The second kappa shape index (κ2) is 8.44. The van der Waals surface area contributed by atoms with Gasteiger partial charge >= 0.3 is 0 Å². The fourth-order valence-corrected chi connectivity index (χ4v) is 3.54. The number of carbonyl (C=O) groups excluding carboxylic acids is 2. The number of nitrogens with zero attached hydrogens (tertiary/aromatic N) is 1. The van der Waals surface area contributed by atoms with Crippen LogP contribution in [0, 0.1) is 12.7 Å². The highest BCUT2D eigenvalue weighted by molar-refractivity contribution is 6.46. The van der Waals surface area contributed by atoms with Crippen LogP contribution in [0.25, 0.3) is 5.57 Å². The SMILES string of the molecule is CCOc1ccccc1N1C(=O)C(Nc2cccc(C)c2)=C(c2ccc(F)cc2)C1=O. The van der Waals surface area contributed by atoms with E-state index in [1.807, 2.05) is 38.1 Å². The number of ether oxygens (including phenoxy) is 1. The quantitative estimate of drug-likeness (QED) is 0.579. The lowest BCUT2D eigenvalue weighted by molar-refractivity contribution is -0.120. The Balaban J connectivity index is 1.83. The maximum atomic E-state index is 13.5. The van der Waals surface area contributed by atoms with Crippen LogP contribution in [0.5, 0.6) is 5.75 Å². The molecule has 6 heteroatoms. The summed E-state index contributed by atoms with van der Waals surface area (Å²) in [7, 11) is 0. The van der Waals surface area contributed by atoms with E-state index in [1.165, 1.54) is 24.3 Å². The molecule has 3 aromatic carbocycles. The molecule has 1 heterocycles. The molecule has 0 bridgehead atoms. The van der Waals surface area contributed by atoms with Crippen LogP contribution in [0.4, 0.5) is 15.8 Å². The molecule has 0 radical (unpaired) electrons. The molecule has 0 atom stereocenters. The molecule has 4 rings (SSSR count). The summed E-state index contributed by atoms with van der Waals surface area (Å²) < 4.78 is 19.1. The minimum absolute atomic E-state index is 0.133. The van der Waals surface area contributed by atoms with Crippen molar-refractivity contribution in [2.24, 2.45) is 0 Å². The molecule has 0 aliphatic carbocycles. The van der Waals surface area contributed by atoms with Crippen LogP contribution in [-0.4, -0.2) is 18.4 Å². The lowest BCUT2D eigenvalue weighted by Crippen LogP contribution is -2.32. The number of anilines is 2. The average molecular weight is 416 g/mol. The van der Waals surface area contributed by atoms with E-state index < -0.39 is 17.6 Å². The van der Waals surface area contributed by atoms with Gasteiger partial charge in [-0.25, -0.2) is 9.29 Å². The highest BCUT2D eigenvalue weighted by Crippen LogP contribution is 2.37. The second-order valence-electron chi connectivity index (χ2n) is 7.10. The normalized spacial score (nSPS) is 13.7. The monoisotopic (exact) mass is 416 g/mol. The van der Waals surface area contributed by atoms with Crippen LogP contribution in [0.15, 0.2) is 78.5 Å².